The van der Waals surface area contributed by atoms with Gasteiger partial charge in [-0.25, -0.2) is 4.98 Å². The summed E-state index contributed by atoms with van der Waals surface area (Å²) in [6.45, 7) is 2.16. The van der Waals surface area contributed by atoms with Gasteiger partial charge in [0.2, 0.25) is 0 Å². The van der Waals surface area contributed by atoms with E-state index in [9.17, 15) is 9.18 Å². The Kier molecular flexibility index (Phi) is 4.53. The number of aryl methyl sites for hydroxylation is 2. The van der Waals surface area contributed by atoms with Gasteiger partial charge in [-0.15, -0.1) is 11.3 Å². The van der Waals surface area contributed by atoms with E-state index in [0.717, 1.165) is 40.3 Å². The smallest absolute Gasteiger partial charge is 0.258 e. The van der Waals surface area contributed by atoms with Gasteiger partial charge in [-0.2, -0.15) is 4.39 Å². The van der Waals surface area contributed by atoms with Gasteiger partial charge in [0.05, 0.1) is 16.7 Å². The van der Waals surface area contributed by atoms with E-state index in [1.54, 1.807) is 28.3 Å². The number of imidazole rings is 1. The Morgan fingerprint density at radius 1 is 1.22 bits per heavy atom. The second-order valence-electron chi connectivity index (χ2n) is 6.19. The van der Waals surface area contributed by atoms with Crippen LogP contribution in [0.25, 0.3) is 16.7 Å². The summed E-state index contributed by atoms with van der Waals surface area (Å²) in [4.78, 5) is 17.1. The van der Waals surface area contributed by atoms with Crippen molar-refractivity contribution < 1.29 is 9.13 Å². The van der Waals surface area contributed by atoms with Gasteiger partial charge >= 0.3 is 0 Å². The molecule has 0 amide bonds. The molecule has 0 saturated heterocycles. The molecule has 27 heavy (non-hydrogen) atoms. The Hall–Kier alpha value is -2.93. The summed E-state index contributed by atoms with van der Waals surface area (Å²) in [5, 5.41) is 1.41. The van der Waals surface area contributed by atoms with Crippen LogP contribution in [-0.4, -0.2) is 14.1 Å². The lowest BCUT2D eigenvalue weighted by Gasteiger charge is -2.09. The van der Waals surface area contributed by atoms with Crippen molar-refractivity contribution in [2.24, 2.45) is 7.05 Å². The fraction of sp³-hybridized carbons (Fsp3) is 0.200. The standard InChI is InChI=1S/C20H18FN3O2S/c1-3-18-22-16-5-4-14(10-17(16)23(18)2)24-8-6-15(11-19(24)25)26-12-13-7-9-27-20(13)21/h4-11H,3,12H2,1-2H3. The summed E-state index contributed by atoms with van der Waals surface area (Å²) in [6, 6.07) is 10.5. The second-order valence-corrected chi connectivity index (χ2v) is 7.06. The van der Waals surface area contributed by atoms with Crippen molar-refractivity contribution >= 4 is 22.4 Å². The molecule has 0 aliphatic carbocycles. The average molecular weight is 383 g/mol. The predicted octanol–water partition coefficient (Wildman–Crippen LogP) is 4.07. The van der Waals surface area contributed by atoms with Crippen LogP contribution in [0.4, 0.5) is 4.39 Å². The van der Waals surface area contributed by atoms with Gasteiger partial charge in [-0.05, 0) is 35.7 Å². The highest BCUT2D eigenvalue weighted by Crippen LogP contribution is 2.20. The van der Waals surface area contributed by atoms with Crippen LogP contribution >= 0.6 is 11.3 Å². The van der Waals surface area contributed by atoms with Crippen LogP contribution in [-0.2, 0) is 20.1 Å². The third-order valence-corrected chi connectivity index (χ3v) is 5.27. The van der Waals surface area contributed by atoms with Gasteiger partial charge in [0.1, 0.15) is 18.2 Å². The molecule has 3 heterocycles. The third kappa shape index (κ3) is 3.26. The lowest BCUT2D eigenvalue weighted by atomic mass is 10.2. The molecule has 1 aromatic carbocycles. The van der Waals surface area contributed by atoms with Crippen molar-refractivity contribution in [2.45, 2.75) is 20.0 Å². The van der Waals surface area contributed by atoms with Crippen molar-refractivity contribution in [3.05, 3.63) is 74.8 Å². The first-order valence-electron chi connectivity index (χ1n) is 8.60. The number of fused-ring (bicyclic) bond motifs is 1. The van der Waals surface area contributed by atoms with Crippen LogP contribution in [0.2, 0.25) is 0 Å². The number of pyridine rings is 1. The molecule has 0 aliphatic heterocycles. The van der Waals surface area contributed by atoms with Crippen molar-refractivity contribution in [1.29, 1.82) is 0 Å². The maximum absolute atomic E-state index is 13.5. The van der Waals surface area contributed by atoms with Gasteiger partial charge in [0.25, 0.3) is 5.56 Å². The molecule has 4 rings (SSSR count). The Bertz CT molecular complexity index is 1180. The van der Waals surface area contributed by atoms with E-state index in [-0.39, 0.29) is 17.3 Å². The summed E-state index contributed by atoms with van der Waals surface area (Å²) in [5.74, 6) is 1.41. The number of hydrogen-bond acceptors (Lipinski definition) is 4. The van der Waals surface area contributed by atoms with Crippen LogP contribution in [0.5, 0.6) is 5.75 Å². The number of thiophene rings is 1. The Balaban J connectivity index is 1.62. The molecule has 0 spiro atoms. The summed E-state index contributed by atoms with van der Waals surface area (Å²) in [7, 11) is 1.97. The van der Waals surface area contributed by atoms with Gasteiger partial charge in [0.15, 0.2) is 5.13 Å². The summed E-state index contributed by atoms with van der Waals surface area (Å²) in [5.41, 5.74) is 2.91. The van der Waals surface area contributed by atoms with E-state index in [2.05, 4.69) is 11.9 Å². The molecule has 0 bridgehead atoms. The minimum atomic E-state index is -0.265. The van der Waals surface area contributed by atoms with E-state index in [1.165, 1.54) is 6.07 Å². The normalized spacial score (nSPS) is 11.2. The van der Waals surface area contributed by atoms with Crippen LogP contribution in [0.15, 0.2) is 52.8 Å². The van der Waals surface area contributed by atoms with Crippen LogP contribution in [0.1, 0.15) is 18.3 Å². The SMILES string of the molecule is CCc1nc2ccc(-n3ccc(OCc4ccsc4F)cc3=O)cc2n1C. The molecule has 0 atom stereocenters. The largest absolute Gasteiger partial charge is 0.489 e. The average Bonchev–Trinajstić information content (AvgIpc) is 3.22. The first-order chi connectivity index (χ1) is 13.1. The van der Waals surface area contributed by atoms with E-state index in [1.807, 2.05) is 29.8 Å². The molecule has 5 nitrogen and oxygen atoms in total. The number of nitrogens with zero attached hydrogens (tertiary/aromatic N) is 3. The first kappa shape index (κ1) is 17.5. The molecule has 0 aliphatic rings. The highest BCUT2D eigenvalue weighted by atomic mass is 32.1. The van der Waals surface area contributed by atoms with E-state index < -0.39 is 0 Å². The molecule has 3 aromatic heterocycles. The lowest BCUT2D eigenvalue weighted by Crippen LogP contribution is -2.16. The zero-order valence-electron chi connectivity index (χ0n) is 15.0. The van der Waals surface area contributed by atoms with E-state index in [0.29, 0.717) is 11.3 Å². The van der Waals surface area contributed by atoms with Crippen molar-refractivity contribution in [2.75, 3.05) is 0 Å². The van der Waals surface area contributed by atoms with Crippen molar-refractivity contribution in [1.82, 2.24) is 14.1 Å². The van der Waals surface area contributed by atoms with Gasteiger partial charge in [0, 0.05) is 31.3 Å². The quantitative estimate of drug-likeness (QED) is 0.522. The van der Waals surface area contributed by atoms with Crippen molar-refractivity contribution in [3.8, 4) is 11.4 Å². The highest BCUT2D eigenvalue weighted by molar-refractivity contribution is 7.08. The molecule has 0 unspecified atom stereocenters. The van der Waals surface area contributed by atoms with E-state index in [4.69, 9.17) is 4.74 Å². The lowest BCUT2D eigenvalue weighted by molar-refractivity contribution is 0.300. The number of hydrogen-bond donors (Lipinski definition) is 0. The summed E-state index contributed by atoms with van der Waals surface area (Å²) < 4.78 is 22.6. The molecular weight excluding hydrogens is 365 g/mol. The molecule has 7 heteroatoms. The third-order valence-electron chi connectivity index (χ3n) is 4.53. The maximum atomic E-state index is 13.5. The first-order valence-corrected chi connectivity index (χ1v) is 9.48. The fourth-order valence-corrected chi connectivity index (χ4v) is 3.67. The number of halogens is 1. The monoisotopic (exact) mass is 383 g/mol. The molecule has 138 valence electrons. The number of benzene rings is 1. The number of ether oxygens (including phenoxy) is 1. The Labute approximate surface area is 159 Å². The summed E-state index contributed by atoms with van der Waals surface area (Å²) in [6.07, 6.45) is 2.51. The molecule has 4 aromatic rings. The molecular formula is C20H18FN3O2S. The van der Waals surface area contributed by atoms with Gasteiger partial charge in [-0.1, -0.05) is 6.92 Å². The Morgan fingerprint density at radius 2 is 2.07 bits per heavy atom. The highest BCUT2D eigenvalue weighted by Gasteiger charge is 2.09. The fourth-order valence-electron chi connectivity index (χ4n) is 3.04. The van der Waals surface area contributed by atoms with Crippen LogP contribution in [0.3, 0.4) is 0 Å². The zero-order chi connectivity index (χ0) is 19.0. The second kappa shape index (κ2) is 7.00. The van der Waals surface area contributed by atoms with Crippen LogP contribution in [0, 0.1) is 5.13 Å². The van der Waals surface area contributed by atoms with E-state index >= 15 is 0 Å². The summed E-state index contributed by atoms with van der Waals surface area (Å²) >= 11 is 1.03. The number of aromatic nitrogens is 3. The minimum absolute atomic E-state index is 0.0968. The molecule has 0 fully saturated rings. The van der Waals surface area contributed by atoms with Gasteiger partial charge in [-0.3, -0.25) is 9.36 Å². The molecule has 0 radical (unpaired) electrons. The Morgan fingerprint density at radius 3 is 2.78 bits per heavy atom. The molecule has 0 saturated carbocycles. The van der Waals surface area contributed by atoms with Crippen LogP contribution < -0.4 is 10.3 Å². The molecule has 0 N–H and O–H groups in total. The predicted molar refractivity (Wildman–Crippen MR) is 104 cm³/mol. The minimum Gasteiger partial charge on any atom is -0.489 e. The zero-order valence-corrected chi connectivity index (χ0v) is 15.8. The van der Waals surface area contributed by atoms with Gasteiger partial charge < -0.3 is 9.30 Å². The maximum Gasteiger partial charge on any atom is 0.258 e. The number of rotatable bonds is 5. The van der Waals surface area contributed by atoms with Crippen molar-refractivity contribution in [3.63, 3.8) is 0 Å². The topological polar surface area (TPSA) is 49.1 Å².